The topological polar surface area (TPSA) is 46.3 Å². The maximum atomic E-state index is 10.5. The van der Waals surface area contributed by atoms with E-state index < -0.39 is 0 Å². The van der Waals surface area contributed by atoms with E-state index in [-0.39, 0.29) is 5.54 Å². The minimum atomic E-state index is -0.196. The fourth-order valence-corrected chi connectivity index (χ4v) is 1.44. The molecule has 15 heavy (non-hydrogen) atoms. The highest BCUT2D eigenvalue weighted by molar-refractivity contribution is 5.74. The van der Waals surface area contributed by atoms with Crippen molar-refractivity contribution in [3.63, 3.8) is 0 Å². The largest absolute Gasteiger partial charge is 0.325 e. The first-order valence-electron chi connectivity index (χ1n) is 4.98. The molecule has 0 aromatic heterocycles. The Bertz CT molecular complexity index is 324. The van der Waals surface area contributed by atoms with Gasteiger partial charge in [-0.1, -0.05) is 12.1 Å². The molecule has 3 heteroatoms. The van der Waals surface area contributed by atoms with E-state index in [1.807, 2.05) is 38.1 Å². The molecule has 1 aromatic rings. The molecular formula is C12H18N2O. The van der Waals surface area contributed by atoms with Crippen LogP contribution in [0.3, 0.4) is 0 Å². The minimum Gasteiger partial charge on any atom is -0.325 e. The van der Waals surface area contributed by atoms with E-state index in [1.54, 1.807) is 7.05 Å². The van der Waals surface area contributed by atoms with Crippen LogP contribution >= 0.6 is 0 Å². The third kappa shape index (κ3) is 3.72. The van der Waals surface area contributed by atoms with Crippen LogP contribution in [0.25, 0.3) is 0 Å². The van der Waals surface area contributed by atoms with Crippen molar-refractivity contribution in [1.29, 1.82) is 0 Å². The third-order valence-electron chi connectivity index (χ3n) is 2.16. The lowest BCUT2D eigenvalue weighted by atomic mass is 9.96. The van der Waals surface area contributed by atoms with Crippen molar-refractivity contribution >= 4 is 12.1 Å². The van der Waals surface area contributed by atoms with Gasteiger partial charge in [0.05, 0.1) is 0 Å². The van der Waals surface area contributed by atoms with E-state index in [2.05, 4.69) is 0 Å². The van der Waals surface area contributed by atoms with Crippen LogP contribution < -0.4 is 10.6 Å². The van der Waals surface area contributed by atoms with Crippen LogP contribution in [0.4, 0.5) is 5.69 Å². The Labute approximate surface area is 90.9 Å². The third-order valence-corrected chi connectivity index (χ3v) is 2.16. The van der Waals surface area contributed by atoms with Crippen molar-refractivity contribution < 1.29 is 4.79 Å². The van der Waals surface area contributed by atoms with E-state index in [0.717, 1.165) is 18.5 Å². The van der Waals surface area contributed by atoms with Gasteiger partial charge in [0.2, 0.25) is 6.41 Å². The predicted molar refractivity (Wildman–Crippen MR) is 62.9 cm³/mol. The molecule has 1 amide bonds. The summed E-state index contributed by atoms with van der Waals surface area (Å²) < 4.78 is 0. The molecule has 0 radical (unpaired) electrons. The molecule has 0 aliphatic heterocycles. The second kappa shape index (κ2) is 4.45. The number of amides is 1. The summed E-state index contributed by atoms with van der Waals surface area (Å²) in [6.07, 6.45) is 1.62. The van der Waals surface area contributed by atoms with Crippen molar-refractivity contribution in [2.45, 2.75) is 25.8 Å². The van der Waals surface area contributed by atoms with Gasteiger partial charge in [-0.25, -0.2) is 0 Å². The van der Waals surface area contributed by atoms with Gasteiger partial charge in [-0.05, 0) is 38.0 Å². The number of benzene rings is 1. The zero-order valence-corrected chi connectivity index (χ0v) is 9.53. The standard InChI is InChI=1S/C12H18N2O/c1-12(2,13)8-10-4-6-11(7-5-10)14(3)9-15/h4-7,9H,8,13H2,1-3H3. The van der Waals surface area contributed by atoms with Crippen LogP contribution in [-0.4, -0.2) is 19.0 Å². The quantitative estimate of drug-likeness (QED) is 0.760. The van der Waals surface area contributed by atoms with Crippen molar-refractivity contribution in [2.75, 3.05) is 11.9 Å². The Morgan fingerprint density at radius 3 is 2.27 bits per heavy atom. The zero-order chi connectivity index (χ0) is 11.5. The number of nitrogens with zero attached hydrogens (tertiary/aromatic N) is 1. The number of carbonyl (C=O) groups is 1. The Morgan fingerprint density at radius 2 is 1.87 bits per heavy atom. The van der Waals surface area contributed by atoms with Crippen LogP contribution in [-0.2, 0) is 11.2 Å². The Balaban J connectivity index is 2.77. The highest BCUT2D eigenvalue weighted by atomic mass is 16.1. The number of nitrogens with two attached hydrogens (primary N) is 1. The molecule has 2 N–H and O–H groups in total. The Morgan fingerprint density at radius 1 is 1.33 bits per heavy atom. The van der Waals surface area contributed by atoms with Gasteiger partial charge in [0.25, 0.3) is 0 Å². The monoisotopic (exact) mass is 206 g/mol. The van der Waals surface area contributed by atoms with Gasteiger partial charge < -0.3 is 10.6 Å². The lowest BCUT2D eigenvalue weighted by Gasteiger charge is -2.19. The maximum absolute atomic E-state index is 10.5. The second-order valence-corrected chi connectivity index (χ2v) is 4.55. The lowest BCUT2D eigenvalue weighted by Crippen LogP contribution is -2.34. The fourth-order valence-electron chi connectivity index (χ4n) is 1.44. The molecule has 1 rings (SSSR count). The van der Waals surface area contributed by atoms with E-state index in [4.69, 9.17) is 5.73 Å². The lowest BCUT2D eigenvalue weighted by molar-refractivity contribution is -0.107. The van der Waals surface area contributed by atoms with E-state index in [0.29, 0.717) is 0 Å². The summed E-state index contributed by atoms with van der Waals surface area (Å²) >= 11 is 0. The van der Waals surface area contributed by atoms with E-state index in [1.165, 1.54) is 10.5 Å². The van der Waals surface area contributed by atoms with E-state index in [9.17, 15) is 4.79 Å². The molecule has 0 bridgehead atoms. The molecule has 0 heterocycles. The SMILES string of the molecule is CN(C=O)c1ccc(CC(C)(C)N)cc1. The summed E-state index contributed by atoms with van der Waals surface area (Å²) in [5, 5.41) is 0. The maximum Gasteiger partial charge on any atom is 0.213 e. The van der Waals surface area contributed by atoms with Gasteiger partial charge in [-0.2, -0.15) is 0 Å². The predicted octanol–water partition coefficient (Wildman–Crippen LogP) is 1.56. The number of carbonyl (C=O) groups excluding carboxylic acids is 1. The van der Waals surface area contributed by atoms with Gasteiger partial charge in [0.15, 0.2) is 0 Å². The summed E-state index contributed by atoms with van der Waals surface area (Å²) in [4.78, 5) is 12.1. The van der Waals surface area contributed by atoms with Gasteiger partial charge >= 0.3 is 0 Å². The van der Waals surface area contributed by atoms with Gasteiger partial charge in [0.1, 0.15) is 0 Å². The van der Waals surface area contributed by atoms with Crippen molar-refractivity contribution in [3.05, 3.63) is 29.8 Å². The average Bonchev–Trinajstić information content (AvgIpc) is 2.15. The smallest absolute Gasteiger partial charge is 0.213 e. The number of hydrogen-bond donors (Lipinski definition) is 1. The minimum absolute atomic E-state index is 0.196. The molecule has 0 unspecified atom stereocenters. The fraction of sp³-hybridized carbons (Fsp3) is 0.417. The molecule has 0 aliphatic carbocycles. The average molecular weight is 206 g/mol. The Kier molecular flexibility index (Phi) is 3.48. The normalized spacial score (nSPS) is 11.2. The van der Waals surface area contributed by atoms with Gasteiger partial charge in [0, 0.05) is 18.3 Å². The number of rotatable bonds is 4. The van der Waals surface area contributed by atoms with Crippen LogP contribution in [0.1, 0.15) is 19.4 Å². The zero-order valence-electron chi connectivity index (χ0n) is 9.53. The van der Waals surface area contributed by atoms with Crippen LogP contribution in [0, 0.1) is 0 Å². The van der Waals surface area contributed by atoms with Gasteiger partial charge in [-0.3, -0.25) is 4.79 Å². The summed E-state index contributed by atoms with van der Waals surface area (Å²) in [6, 6.07) is 7.86. The first-order chi connectivity index (χ1) is 6.92. The molecule has 82 valence electrons. The molecule has 0 saturated heterocycles. The first-order valence-corrected chi connectivity index (χ1v) is 4.98. The summed E-state index contributed by atoms with van der Waals surface area (Å²) in [6.45, 7) is 4.00. The number of hydrogen-bond acceptors (Lipinski definition) is 2. The summed E-state index contributed by atoms with van der Waals surface area (Å²) in [5.74, 6) is 0. The molecule has 0 spiro atoms. The van der Waals surface area contributed by atoms with Crippen molar-refractivity contribution in [2.24, 2.45) is 5.73 Å². The first kappa shape index (κ1) is 11.7. The molecule has 0 fully saturated rings. The molecule has 0 aliphatic rings. The highest BCUT2D eigenvalue weighted by Crippen LogP contribution is 2.15. The van der Waals surface area contributed by atoms with Crippen LogP contribution in [0.2, 0.25) is 0 Å². The summed E-state index contributed by atoms with van der Waals surface area (Å²) in [7, 11) is 1.73. The van der Waals surface area contributed by atoms with Crippen LogP contribution in [0.15, 0.2) is 24.3 Å². The molecule has 1 aromatic carbocycles. The highest BCUT2D eigenvalue weighted by Gasteiger charge is 2.11. The molecule has 0 saturated carbocycles. The Hall–Kier alpha value is -1.35. The van der Waals surface area contributed by atoms with E-state index >= 15 is 0 Å². The van der Waals surface area contributed by atoms with Gasteiger partial charge in [-0.15, -0.1) is 0 Å². The van der Waals surface area contributed by atoms with Crippen LogP contribution in [0.5, 0.6) is 0 Å². The number of anilines is 1. The molecule has 0 atom stereocenters. The van der Waals surface area contributed by atoms with Crippen molar-refractivity contribution in [3.8, 4) is 0 Å². The second-order valence-electron chi connectivity index (χ2n) is 4.55. The molecule has 3 nitrogen and oxygen atoms in total. The molecular weight excluding hydrogens is 188 g/mol. The summed E-state index contributed by atoms with van der Waals surface area (Å²) in [5.41, 5.74) is 7.81. The van der Waals surface area contributed by atoms with Crippen molar-refractivity contribution in [1.82, 2.24) is 0 Å².